The molecule has 2 rings (SSSR count). The maximum Gasteiger partial charge on any atom is 0.130 e. The number of nitrogens with one attached hydrogen (secondary N) is 1. The van der Waals surface area contributed by atoms with E-state index in [1.54, 1.807) is 6.07 Å². The zero-order valence-electron chi connectivity index (χ0n) is 14.9. The maximum absolute atomic E-state index is 13.9. The third-order valence-electron chi connectivity index (χ3n) is 4.07. The summed E-state index contributed by atoms with van der Waals surface area (Å²) in [7, 11) is 6.00. The van der Waals surface area contributed by atoms with Crippen molar-refractivity contribution in [3.8, 4) is 0 Å². The van der Waals surface area contributed by atoms with E-state index in [9.17, 15) is 4.39 Å². The molecule has 4 nitrogen and oxygen atoms in total. The summed E-state index contributed by atoms with van der Waals surface area (Å²) in [5, 5.41) is 8.10. The molecule has 2 aromatic rings. The van der Waals surface area contributed by atoms with Crippen LogP contribution >= 0.6 is 0 Å². The largest absolute Gasteiger partial charge is 0.363 e. The van der Waals surface area contributed by atoms with E-state index in [1.165, 1.54) is 11.6 Å². The quantitative estimate of drug-likeness (QED) is 0.883. The summed E-state index contributed by atoms with van der Waals surface area (Å²) in [6.07, 6.45) is 0. The molecule has 0 aliphatic rings. The number of benzene rings is 1. The number of hydrogen-bond donors (Lipinski definition) is 1. The molecule has 0 radical (unpaired) electrons. The first-order valence-electron chi connectivity index (χ1n) is 8.03. The minimum Gasteiger partial charge on any atom is -0.363 e. The predicted octanol–water partition coefficient (Wildman–Crippen LogP) is 3.60. The van der Waals surface area contributed by atoms with Crippen LogP contribution in [0.5, 0.6) is 0 Å². The second kappa shape index (κ2) is 7.13. The Kier molecular flexibility index (Phi) is 5.42. The van der Waals surface area contributed by atoms with E-state index in [1.807, 2.05) is 44.9 Å². The molecule has 23 heavy (non-hydrogen) atoms. The van der Waals surface area contributed by atoms with Gasteiger partial charge in [-0.25, -0.2) is 4.39 Å². The smallest absolute Gasteiger partial charge is 0.130 e. The topological polar surface area (TPSA) is 33.1 Å². The van der Waals surface area contributed by atoms with Crippen molar-refractivity contribution in [2.24, 2.45) is 7.05 Å². The van der Waals surface area contributed by atoms with Gasteiger partial charge < -0.3 is 10.2 Å². The normalized spacial score (nSPS) is 12.7. The highest BCUT2D eigenvalue weighted by atomic mass is 19.1. The summed E-state index contributed by atoms with van der Waals surface area (Å²) in [5.41, 5.74) is 2.95. The predicted molar refractivity (Wildman–Crippen MR) is 93.3 cm³/mol. The molecular formula is C18H27FN4. The Hall–Kier alpha value is -1.88. The number of halogens is 1. The fourth-order valence-corrected chi connectivity index (χ4v) is 2.96. The van der Waals surface area contributed by atoms with Crippen molar-refractivity contribution in [1.82, 2.24) is 15.1 Å². The Morgan fingerprint density at radius 1 is 1.22 bits per heavy atom. The van der Waals surface area contributed by atoms with Crippen LogP contribution in [0.3, 0.4) is 0 Å². The Labute approximate surface area is 138 Å². The van der Waals surface area contributed by atoms with Gasteiger partial charge in [0.15, 0.2) is 0 Å². The van der Waals surface area contributed by atoms with Crippen molar-refractivity contribution in [2.45, 2.75) is 39.3 Å². The van der Waals surface area contributed by atoms with Crippen LogP contribution in [-0.4, -0.2) is 23.9 Å². The van der Waals surface area contributed by atoms with Crippen LogP contribution in [0.25, 0.3) is 0 Å². The Balaban J connectivity index is 2.24. The molecule has 1 N–H and O–H groups in total. The highest BCUT2D eigenvalue weighted by Gasteiger charge is 2.20. The van der Waals surface area contributed by atoms with Gasteiger partial charge in [0.25, 0.3) is 0 Å². The zero-order valence-corrected chi connectivity index (χ0v) is 14.9. The number of aromatic nitrogens is 2. The molecule has 0 aliphatic heterocycles. The van der Waals surface area contributed by atoms with Crippen molar-refractivity contribution in [3.05, 3.63) is 46.9 Å². The average Bonchev–Trinajstić information content (AvgIpc) is 2.82. The summed E-state index contributed by atoms with van der Waals surface area (Å²) in [5.74, 6) is 1.26. The van der Waals surface area contributed by atoms with Gasteiger partial charge in [0.05, 0.1) is 5.69 Å². The molecule has 126 valence electrons. The third kappa shape index (κ3) is 3.72. The van der Waals surface area contributed by atoms with Crippen LogP contribution in [0, 0.1) is 5.82 Å². The van der Waals surface area contributed by atoms with Crippen LogP contribution in [0.1, 0.15) is 49.6 Å². The lowest BCUT2D eigenvalue weighted by Gasteiger charge is -2.19. The van der Waals surface area contributed by atoms with Crippen LogP contribution in [0.4, 0.5) is 10.2 Å². The molecule has 0 bridgehead atoms. The van der Waals surface area contributed by atoms with E-state index in [0.29, 0.717) is 18.0 Å². The highest BCUT2D eigenvalue weighted by Crippen LogP contribution is 2.28. The molecule has 0 saturated heterocycles. The molecule has 0 fully saturated rings. The lowest BCUT2D eigenvalue weighted by molar-refractivity contribution is 0.526. The number of nitrogens with zero attached hydrogens (tertiary/aromatic N) is 3. The molecule has 0 saturated carbocycles. The minimum atomic E-state index is -0.171. The lowest BCUT2D eigenvalue weighted by atomic mass is 10.0. The summed E-state index contributed by atoms with van der Waals surface area (Å²) in [4.78, 5) is 2.07. The summed E-state index contributed by atoms with van der Waals surface area (Å²) >= 11 is 0. The number of anilines is 1. The van der Waals surface area contributed by atoms with E-state index in [-0.39, 0.29) is 11.9 Å². The monoisotopic (exact) mass is 318 g/mol. The van der Waals surface area contributed by atoms with Crippen molar-refractivity contribution in [2.75, 3.05) is 19.0 Å². The van der Waals surface area contributed by atoms with E-state index in [2.05, 4.69) is 29.2 Å². The van der Waals surface area contributed by atoms with Gasteiger partial charge in [-0.3, -0.25) is 4.68 Å². The van der Waals surface area contributed by atoms with E-state index in [0.717, 1.165) is 11.5 Å². The second-order valence-electron chi connectivity index (χ2n) is 6.48. The van der Waals surface area contributed by atoms with Crippen molar-refractivity contribution in [3.63, 3.8) is 0 Å². The first-order chi connectivity index (χ1) is 10.8. The SMILES string of the molecule is CC(C)c1nn(C)c(N(C)C)c1CN[C@@H](C)c1ccccc1F. The van der Waals surface area contributed by atoms with Gasteiger partial charge in [0.1, 0.15) is 11.6 Å². The first-order valence-corrected chi connectivity index (χ1v) is 8.03. The molecule has 1 aromatic heterocycles. The average molecular weight is 318 g/mol. The van der Waals surface area contributed by atoms with E-state index < -0.39 is 0 Å². The Bertz CT molecular complexity index is 661. The molecule has 0 amide bonds. The highest BCUT2D eigenvalue weighted by molar-refractivity contribution is 5.50. The second-order valence-corrected chi connectivity index (χ2v) is 6.48. The molecule has 1 atom stereocenters. The van der Waals surface area contributed by atoms with Crippen LogP contribution in [0.2, 0.25) is 0 Å². The Morgan fingerprint density at radius 3 is 2.43 bits per heavy atom. The number of aryl methyl sites for hydroxylation is 1. The standard InChI is InChI=1S/C18H27FN4/c1-12(2)17-15(18(22(4)5)23(6)21-17)11-20-13(3)14-9-7-8-10-16(14)19/h7-10,12-13,20H,11H2,1-6H3/t13-/m0/s1. The summed E-state index contributed by atoms with van der Waals surface area (Å²) in [6.45, 7) is 6.93. The van der Waals surface area contributed by atoms with Crippen LogP contribution < -0.4 is 10.2 Å². The van der Waals surface area contributed by atoms with Crippen molar-refractivity contribution < 1.29 is 4.39 Å². The van der Waals surface area contributed by atoms with Gasteiger partial charge in [0, 0.05) is 44.9 Å². The van der Waals surface area contributed by atoms with Crippen molar-refractivity contribution >= 4 is 5.82 Å². The molecule has 1 heterocycles. The zero-order chi connectivity index (χ0) is 17.1. The van der Waals surface area contributed by atoms with Gasteiger partial charge >= 0.3 is 0 Å². The van der Waals surface area contributed by atoms with Crippen molar-refractivity contribution in [1.29, 1.82) is 0 Å². The maximum atomic E-state index is 13.9. The minimum absolute atomic E-state index is 0.0635. The van der Waals surface area contributed by atoms with E-state index >= 15 is 0 Å². The third-order valence-corrected chi connectivity index (χ3v) is 4.07. The van der Waals surface area contributed by atoms with Gasteiger partial charge in [-0.1, -0.05) is 32.0 Å². The molecule has 0 aliphatic carbocycles. The molecule has 1 aromatic carbocycles. The fraction of sp³-hybridized carbons (Fsp3) is 0.500. The van der Waals surface area contributed by atoms with Crippen LogP contribution in [-0.2, 0) is 13.6 Å². The Morgan fingerprint density at radius 2 is 1.87 bits per heavy atom. The molecule has 5 heteroatoms. The number of hydrogen-bond acceptors (Lipinski definition) is 3. The fourth-order valence-electron chi connectivity index (χ4n) is 2.96. The summed E-state index contributed by atoms with van der Waals surface area (Å²) < 4.78 is 15.8. The number of rotatable bonds is 6. The van der Waals surface area contributed by atoms with Gasteiger partial charge in [-0.15, -0.1) is 0 Å². The van der Waals surface area contributed by atoms with Crippen LogP contribution in [0.15, 0.2) is 24.3 Å². The van der Waals surface area contributed by atoms with E-state index in [4.69, 9.17) is 0 Å². The summed E-state index contributed by atoms with van der Waals surface area (Å²) in [6, 6.07) is 6.85. The molecular weight excluding hydrogens is 291 g/mol. The molecule has 0 unspecified atom stereocenters. The molecule has 0 spiro atoms. The van der Waals surface area contributed by atoms with Gasteiger partial charge in [-0.05, 0) is 18.9 Å². The van der Waals surface area contributed by atoms with Gasteiger partial charge in [0.2, 0.25) is 0 Å². The van der Waals surface area contributed by atoms with Gasteiger partial charge in [-0.2, -0.15) is 5.10 Å². The lowest BCUT2D eigenvalue weighted by Crippen LogP contribution is -2.22. The first kappa shape index (κ1) is 17.5.